The third kappa shape index (κ3) is 4.12. The lowest BCUT2D eigenvalue weighted by Gasteiger charge is -2.08. The lowest BCUT2D eigenvalue weighted by Crippen LogP contribution is -2.24. The first kappa shape index (κ1) is 13.6. The van der Waals surface area contributed by atoms with Gasteiger partial charge >= 0.3 is 0 Å². The van der Waals surface area contributed by atoms with E-state index in [0.29, 0.717) is 5.56 Å². The molecule has 0 atom stereocenters. The molecule has 0 aliphatic heterocycles. The van der Waals surface area contributed by atoms with Crippen LogP contribution in [-0.4, -0.2) is 20.1 Å². The van der Waals surface area contributed by atoms with Crippen LogP contribution in [0.15, 0.2) is 18.2 Å². The minimum atomic E-state index is -3.68. The van der Waals surface area contributed by atoms with Crippen molar-refractivity contribution in [3.63, 3.8) is 0 Å². The largest absolute Gasteiger partial charge is 0.369 e. The molecule has 0 saturated carbocycles. The highest BCUT2D eigenvalue weighted by atomic mass is 32.2. The Bertz CT molecular complexity index is 528. The average Bonchev–Trinajstić information content (AvgIpc) is 2.14. The van der Waals surface area contributed by atoms with Gasteiger partial charge < -0.3 is 11.5 Å². The van der Waals surface area contributed by atoms with Crippen molar-refractivity contribution < 1.29 is 17.6 Å². The van der Waals surface area contributed by atoms with Crippen LogP contribution in [-0.2, 0) is 26.9 Å². The Kier molecular flexibility index (Phi) is 4.19. The monoisotopic (exact) mass is 260 g/mol. The molecule has 1 rings (SSSR count). The SMILES string of the molecule is NCc1ccc(F)cc1CS(=O)(=O)CC(N)=O. The normalized spacial score (nSPS) is 11.4. The van der Waals surface area contributed by atoms with Crippen LogP contribution in [0, 0.1) is 5.82 Å². The smallest absolute Gasteiger partial charge is 0.232 e. The van der Waals surface area contributed by atoms with Gasteiger partial charge in [0.1, 0.15) is 11.6 Å². The first-order chi connectivity index (χ1) is 7.84. The van der Waals surface area contributed by atoms with Crippen LogP contribution < -0.4 is 11.5 Å². The molecule has 1 amide bonds. The number of sulfone groups is 1. The van der Waals surface area contributed by atoms with Gasteiger partial charge in [0.15, 0.2) is 9.84 Å². The molecule has 5 nitrogen and oxygen atoms in total. The zero-order chi connectivity index (χ0) is 13.1. The molecule has 0 spiro atoms. The number of carbonyl (C=O) groups is 1. The zero-order valence-corrected chi connectivity index (χ0v) is 9.84. The molecule has 1 aromatic carbocycles. The van der Waals surface area contributed by atoms with Gasteiger partial charge in [-0.1, -0.05) is 6.07 Å². The first-order valence-corrected chi connectivity index (χ1v) is 6.62. The van der Waals surface area contributed by atoms with Crippen LogP contribution >= 0.6 is 0 Å². The van der Waals surface area contributed by atoms with Crippen LogP contribution in [0.3, 0.4) is 0 Å². The highest BCUT2D eigenvalue weighted by Crippen LogP contribution is 2.14. The highest BCUT2D eigenvalue weighted by Gasteiger charge is 2.17. The molecule has 0 aliphatic carbocycles. The van der Waals surface area contributed by atoms with Crippen molar-refractivity contribution in [1.29, 1.82) is 0 Å². The van der Waals surface area contributed by atoms with Gasteiger partial charge in [-0.05, 0) is 23.3 Å². The van der Waals surface area contributed by atoms with Gasteiger partial charge in [-0.2, -0.15) is 0 Å². The first-order valence-electron chi connectivity index (χ1n) is 4.80. The van der Waals surface area contributed by atoms with Crippen LogP contribution in [0.4, 0.5) is 4.39 Å². The van der Waals surface area contributed by atoms with Crippen LogP contribution in [0.1, 0.15) is 11.1 Å². The Morgan fingerprint density at radius 1 is 1.29 bits per heavy atom. The van der Waals surface area contributed by atoms with Crippen molar-refractivity contribution in [1.82, 2.24) is 0 Å². The van der Waals surface area contributed by atoms with E-state index in [1.54, 1.807) is 0 Å². The standard InChI is InChI=1S/C10H13FN2O3S/c11-9-2-1-7(4-12)8(3-9)5-17(15,16)6-10(13)14/h1-3H,4-6,12H2,(H2,13,14). The predicted octanol–water partition coefficient (Wildman–Crippen LogP) is -0.315. The maximum absolute atomic E-state index is 13.0. The van der Waals surface area contributed by atoms with E-state index in [1.807, 2.05) is 0 Å². The summed E-state index contributed by atoms with van der Waals surface area (Å²) in [4.78, 5) is 10.6. The summed E-state index contributed by atoms with van der Waals surface area (Å²) in [5, 5.41) is 0. The Labute approximate surface area is 98.5 Å². The van der Waals surface area contributed by atoms with E-state index >= 15 is 0 Å². The van der Waals surface area contributed by atoms with Crippen LogP contribution in [0.25, 0.3) is 0 Å². The van der Waals surface area contributed by atoms with Crippen molar-refractivity contribution in [2.45, 2.75) is 12.3 Å². The molecule has 0 aromatic heterocycles. The van der Waals surface area contributed by atoms with Gasteiger partial charge in [-0.15, -0.1) is 0 Å². The molecule has 0 radical (unpaired) electrons. The molecule has 7 heteroatoms. The Hall–Kier alpha value is -1.47. The molecule has 0 fully saturated rings. The maximum Gasteiger partial charge on any atom is 0.232 e. The summed E-state index contributed by atoms with van der Waals surface area (Å²) in [5.74, 6) is -2.68. The quantitative estimate of drug-likeness (QED) is 0.757. The van der Waals surface area contributed by atoms with Gasteiger partial charge in [0.25, 0.3) is 0 Å². The van der Waals surface area contributed by atoms with E-state index in [9.17, 15) is 17.6 Å². The topological polar surface area (TPSA) is 103 Å². The molecule has 0 aliphatic rings. The van der Waals surface area contributed by atoms with Crippen molar-refractivity contribution in [2.75, 3.05) is 5.75 Å². The Morgan fingerprint density at radius 3 is 2.47 bits per heavy atom. The Morgan fingerprint density at radius 2 is 1.94 bits per heavy atom. The van der Waals surface area contributed by atoms with Crippen molar-refractivity contribution in [3.05, 3.63) is 35.1 Å². The van der Waals surface area contributed by atoms with Gasteiger partial charge in [0, 0.05) is 6.54 Å². The highest BCUT2D eigenvalue weighted by molar-refractivity contribution is 7.91. The predicted molar refractivity (Wildman–Crippen MR) is 61.0 cm³/mol. The van der Waals surface area contributed by atoms with Crippen molar-refractivity contribution in [3.8, 4) is 0 Å². The van der Waals surface area contributed by atoms with Gasteiger partial charge in [-0.3, -0.25) is 4.79 Å². The molecule has 1 aromatic rings. The third-order valence-corrected chi connectivity index (χ3v) is 3.60. The summed E-state index contributed by atoms with van der Waals surface area (Å²) in [5.41, 5.74) is 11.0. The minimum absolute atomic E-state index is 0.0989. The summed E-state index contributed by atoms with van der Waals surface area (Å²) in [6.07, 6.45) is 0. The van der Waals surface area contributed by atoms with E-state index in [4.69, 9.17) is 11.5 Å². The summed E-state index contributed by atoms with van der Waals surface area (Å²) in [6.45, 7) is 0.0989. The minimum Gasteiger partial charge on any atom is -0.369 e. The number of benzene rings is 1. The zero-order valence-electron chi connectivity index (χ0n) is 9.02. The van der Waals surface area contributed by atoms with E-state index in [0.717, 1.165) is 6.07 Å². The molecule has 17 heavy (non-hydrogen) atoms. The number of carbonyl (C=O) groups excluding carboxylic acids is 1. The number of amides is 1. The second-order valence-electron chi connectivity index (χ2n) is 3.62. The molecule has 0 heterocycles. The second kappa shape index (κ2) is 5.24. The second-order valence-corrected chi connectivity index (χ2v) is 5.68. The number of halogens is 1. The lowest BCUT2D eigenvalue weighted by molar-refractivity contribution is -0.115. The summed E-state index contributed by atoms with van der Waals surface area (Å²) >= 11 is 0. The fourth-order valence-electron chi connectivity index (χ4n) is 1.43. The number of hydrogen-bond acceptors (Lipinski definition) is 4. The van der Waals surface area contributed by atoms with E-state index in [1.165, 1.54) is 12.1 Å². The molecule has 4 N–H and O–H groups in total. The molecule has 0 bridgehead atoms. The lowest BCUT2D eigenvalue weighted by atomic mass is 10.1. The average molecular weight is 260 g/mol. The summed E-state index contributed by atoms with van der Waals surface area (Å²) < 4.78 is 36.0. The summed E-state index contributed by atoms with van der Waals surface area (Å²) in [6, 6.07) is 3.72. The number of nitrogens with two attached hydrogens (primary N) is 2. The molecular formula is C10H13FN2O3S. The fraction of sp³-hybridized carbons (Fsp3) is 0.300. The number of primary amides is 1. The van der Waals surface area contributed by atoms with Gasteiger partial charge in [0.2, 0.25) is 5.91 Å². The van der Waals surface area contributed by atoms with Crippen molar-refractivity contribution in [2.24, 2.45) is 11.5 Å². The summed E-state index contributed by atoms with van der Waals surface area (Å²) in [7, 11) is -3.68. The van der Waals surface area contributed by atoms with Crippen LogP contribution in [0.2, 0.25) is 0 Å². The fourth-order valence-corrected chi connectivity index (χ4v) is 2.71. The number of hydrogen-bond donors (Lipinski definition) is 2. The molecule has 0 saturated heterocycles. The molecular weight excluding hydrogens is 247 g/mol. The van der Waals surface area contributed by atoms with E-state index in [2.05, 4.69) is 0 Å². The Balaban J connectivity index is 3.02. The molecule has 94 valence electrons. The maximum atomic E-state index is 13.0. The number of rotatable bonds is 5. The van der Waals surface area contributed by atoms with Gasteiger partial charge in [-0.25, -0.2) is 12.8 Å². The van der Waals surface area contributed by atoms with Crippen molar-refractivity contribution >= 4 is 15.7 Å². The van der Waals surface area contributed by atoms with E-state index in [-0.39, 0.29) is 12.1 Å². The third-order valence-electron chi connectivity index (χ3n) is 2.13. The molecule has 0 unspecified atom stereocenters. The van der Waals surface area contributed by atoms with Gasteiger partial charge in [0.05, 0.1) is 5.75 Å². The van der Waals surface area contributed by atoms with Crippen LogP contribution in [0.5, 0.6) is 0 Å². The van der Waals surface area contributed by atoms with E-state index < -0.39 is 33.1 Å².